The summed E-state index contributed by atoms with van der Waals surface area (Å²) in [6.45, 7) is 2.65. The van der Waals surface area contributed by atoms with Crippen LogP contribution in [0.3, 0.4) is 0 Å². The Labute approximate surface area is 177 Å². The van der Waals surface area contributed by atoms with E-state index in [1.54, 1.807) is 7.11 Å². The first kappa shape index (κ1) is 19.9. The summed E-state index contributed by atoms with van der Waals surface area (Å²) >= 11 is 0. The first-order valence-corrected chi connectivity index (χ1v) is 10.2. The largest absolute Gasteiger partial charge is 0.497 e. The molecule has 0 aliphatic carbocycles. The molecule has 5 heteroatoms. The molecule has 1 saturated heterocycles. The molecular formula is C25H25N3O2. The van der Waals surface area contributed by atoms with Gasteiger partial charge in [-0.1, -0.05) is 54.6 Å². The van der Waals surface area contributed by atoms with Gasteiger partial charge in [0.15, 0.2) is 0 Å². The lowest BCUT2D eigenvalue weighted by Crippen LogP contribution is -2.49. The number of hydrogen-bond acceptors (Lipinski definition) is 4. The molecule has 4 rings (SSSR count). The predicted octanol–water partition coefficient (Wildman–Crippen LogP) is 3.80. The highest BCUT2D eigenvalue weighted by molar-refractivity contribution is 5.90. The molecule has 1 fully saturated rings. The lowest BCUT2D eigenvalue weighted by Gasteiger charge is -2.37. The van der Waals surface area contributed by atoms with Crippen molar-refractivity contribution in [2.75, 3.05) is 33.3 Å². The third-order valence-electron chi connectivity index (χ3n) is 5.81. The van der Waals surface area contributed by atoms with Gasteiger partial charge in [-0.05, 0) is 34.0 Å². The molecule has 0 N–H and O–H groups in total. The zero-order valence-corrected chi connectivity index (χ0v) is 17.1. The maximum Gasteiger partial charge on any atom is 0.227 e. The first-order chi connectivity index (χ1) is 14.7. The molecule has 1 aliphatic rings. The summed E-state index contributed by atoms with van der Waals surface area (Å²) in [5, 5.41) is 12.0. The topological polar surface area (TPSA) is 56.6 Å². The Kier molecular flexibility index (Phi) is 5.97. The van der Waals surface area contributed by atoms with Crippen LogP contribution in [0.1, 0.15) is 17.2 Å². The number of methoxy groups -OCH3 is 1. The van der Waals surface area contributed by atoms with Crippen LogP contribution in [0.4, 0.5) is 0 Å². The van der Waals surface area contributed by atoms with Crippen LogP contribution in [-0.4, -0.2) is 49.0 Å². The van der Waals surface area contributed by atoms with E-state index in [1.165, 1.54) is 0 Å². The minimum absolute atomic E-state index is 0.143. The molecule has 1 amide bonds. The van der Waals surface area contributed by atoms with Gasteiger partial charge < -0.3 is 9.64 Å². The van der Waals surface area contributed by atoms with E-state index in [0.29, 0.717) is 32.6 Å². The highest BCUT2D eigenvalue weighted by Crippen LogP contribution is 2.24. The lowest BCUT2D eigenvalue weighted by atomic mass is 10.0. The third kappa shape index (κ3) is 4.14. The van der Waals surface area contributed by atoms with Gasteiger partial charge in [-0.3, -0.25) is 9.69 Å². The molecule has 3 aromatic rings. The Morgan fingerprint density at radius 3 is 2.40 bits per heavy atom. The molecule has 0 saturated carbocycles. The van der Waals surface area contributed by atoms with Crippen molar-refractivity contribution in [1.29, 1.82) is 5.26 Å². The van der Waals surface area contributed by atoms with Gasteiger partial charge in [-0.25, -0.2) is 0 Å². The average Bonchev–Trinajstić information content (AvgIpc) is 2.81. The van der Waals surface area contributed by atoms with E-state index in [2.05, 4.69) is 29.2 Å². The van der Waals surface area contributed by atoms with Crippen molar-refractivity contribution in [1.82, 2.24) is 9.80 Å². The number of piperazine rings is 1. The summed E-state index contributed by atoms with van der Waals surface area (Å²) in [6.07, 6.45) is 0.404. The second-order valence-corrected chi connectivity index (χ2v) is 7.54. The summed E-state index contributed by atoms with van der Waals surface area (Å²) in [5.41, 5.74) is 2.02. The molecular weight excluding hydrogens is 374 g/mol. The molecule has 1 unspecified atom stereocenters. The van der Waals surface area contributed by atoms with Crippen LogP contribution >= 0.6 is 0 Å². The SMILES string of the molecule is COc1ccc(C(C#N)N2CCN(C(=O)Cc3cccc4ccccc34)CC2)cc1. The molecule has 0 spiro atoms. The van der Waals surface area contributed by atoms with E-state index in [9.17, 15) is 10.1 Å². The molecule has 1 atom stereocenters. The van der Waals surface area contributed by atoms with Crippen LogP contribution in [-0.2, 0) is 11.2 Å². The zero-order valence-electron chi connectivity index (χ0n) is 17.1. The first-order valence-electron chi connectivity index (χ1n) is 10.2. The van der Waals surface area contributed by atoms with Gasteiger partial charge in [0.05, 0.1) is 19.6 Å². The van der Waals surface area contributed by atoms with Gasteiger partial charge >= 0.3 is 0 Å². The molecule has 3 aromatic carbocycles. The van der Waals surface area contributed by atoms with Gasteiger partial charge in [-0.2, -0.15) is 5.26 Å². The summed E-state index contributed by atoms with van der Waals surface area (Å²) in [4.78, 5) is 17.0. The van der Waals surface area contributed by atoms with Crippen molar-refractivity contribution in [2.45, 2.75) is 12.5 Å². The molecule has 0 radical (unpaired) electrons. The van der Waals surface area contributed by atoms with Gasteiger partial charge in [-0.15, -0.1) is 0 Å². The lowest BCUT2D eigenvalue weighted by molar-refractivity contribution is -0.132. The second kappa shape index (κ2) is 8.98. The Bertz CT molecular complexity index is 1060. The minimum atomic E-state index is -0.314. The van der Waals surface area contributed by atoms with Crippen molar-refractivity contribution in [3.63, 3.8) is 0 Å². The maximum atomic E-state index is 12.9. The minimum Gasteiger partial charge on any atom is -0.497 e. The van der Waals surface area contributed by atoms with Crippen molar-refractivity contribution >= 4 is 16.7 Å². The fourth-order valence-electron chi connectivity index (χ4n) is 4.10. The number of fused-ring (bicyclic) bond motifs is 1. The number of benzene rings is 3. The third-order valence-corrected chi connectivity index (χ3v) is 5.81. The molecule has 0 bridgehead atoms. The van der Waals surface area contributed by atoms with Crippen LogP contribution in [0.25, 0.3) is 10.8 Å². The number of nitriles is 1. The van der Waals surface area contributed by atoms with Crippen molar-refractivity contribution in [2.24, 2.45) is 0 Å². The Balaban J connectivity index is 1.39. The maximum absolute atomic E-state index is 12.9. The molecule has 152 valence electrons. The summed E-state index contributed by atoms with van der Waals surface area (Å²) < 4.78 is 5.20. The summed E-state index contributed by atoms with van der Waals surface area (Å²) in [5.74, 6) is 0.920. The number of hydrogen-bond donors (Lipinski definition) is 0. The highest BCUT2D eigenvalue weighted by Gasteiger charge is 2.27. The van der Waals surface area contributed by atoms with Crippen LogP contribution in [0, 0.1) is 11.3 Å². The number of carbonyl (C=O) groups excluding carboxylic acids is 1. The van der Waals surface area contributed by atoms with Gasteiger partial charge in [0.25, 0.3) is 0 Å². The van der Waals surface area contributed by atoms with Gasteiger partial charge in [0.1, 0.15) is 11.8 Å². The molecule has 5 nitrogen and oxygen atoms in total. The summed E-state index contributed by atoms with van der Waals surface area (Å²) in [6, 6.07) is 24.0. The van der Waals surface area contributed by atoms with E-state index < -0.39 is 0 Å². The fourth-order valence-corrected chi connectivity index (χ4v) is 4.10. The number of amides is 1. The second-order valence-electron chi connectivity index (χ2n) is 7.54. The van der Waals surface area contributed by atoms with Gasteiger partial charge in [0.2, 0.25) is 5.91 Å². The molecule has 1 heterocycles. The smallest absolute Gasteiger partial charge is 0.227 e. The molecule has 30 heavy (non-hydrogen) atoms. The zero-order chi connectivity index (χ0) is 20.9. The highest BCUT2D eigenvalue weighted by atomic mass is 16.5. The van der Waals surface area contributed by atoms with Crippen LogP contribution in [0.15, 0.2) is 66.7 Å². The Morgan fingerprint density at radius 2 is 1.70 bits per heavy atom. The number of ether oxygens (including phenoxy) is 1. The van der Waals surface area contributed by atoms with E-state index in [4.69, 9.17) is 4.74 Å². The van der Waals surface area contributed by atoms with Crippen molar-refractivity contribution < 1.29 is 9.53 Å². The van der Waals surface area contributed by atoms with E-state index in [0.717, 1.165) is 27.6 Å². The normalized spacial score (nSPS) is 15.5. The monoisotopic (exact) mass is 399 g/mol. The molecule has 0 aromatic heterocycles. The Hall–Kier alpha value is -3.36. The van der Waals surface area contributed by atoms with Gasteiger partial charge in [0, 0.05) is 26.2 Å². The van der Waals surface area contributed by atoms with Crippen LogP contribution < -0.4 is 4.74 Å². The number of nitrogens with zero attached hydrogens (tertiary/aromatic N) is 3. The standard InChI is InChI=1S/C25H25N3O2/c1-30-22-11-9-20(10-12-22)24(18-26)27-13-15-28(16-14-27)25(29)17-21-7-4-6-19-5-2-3-8-23(19)21/h2-12,24H,13-17H2,1H3. The summed E-state index contributed by atoms with van der Waals surface area (Å²) in [7, 11) is 1.63. The predicted molar refractivity (Wildman–Crippen MR) is 117 cm³/mol. The fraction of sp³-hybridized carbons (Fsp3) is 0.280. The quantitative estimate of drug-likeness (QED) is 0.655. The molecule has 1 aliphatic heterocycles. The Morgan fingerprint density at radius 1 is 1.00 bits per heavy atom. The van der Waals surface area contributed by atoms with Crippen LogP contribution in [0.5, 0.6) is 5.75 Å². The van der Waals surface area contributed by atoms with Crippen LogP contribution in [0.2, 0.25) is 0 Å². The van der Waals surface area contributed by atoms with E-state index in [1.807, 2.05) is 53.4 Å². The number of rotatable bonds is 5. The van der Waals surface area contributed by atoms with E-state index in [-0.39, 0.29) is 11.9 Å². The van der Waals surface area contributed by atoms with E-state index >= 15 is 0 Å². The van der Waals surface area contributed by atoms with Crippen molar-refractivity contribution in [3.05, 3.63) is 77.9 Å². The number of carbonyl (C=O) groups is 1. The van der Waals surface area contributed by atoms with Crippen molar-refractivity contribution in [3.8, 4) is 11.8 Å². The average molecular weight is 399 g/mol.